The topological polar surface area (TPSA) is 86.9 Å². The van der Waals surface area contributed by atoms with Gasteiger partial charge >= 0.3 is 0 Å². The van der Waals surface area contributed by atoms with E-state index in [0.29, 0.717) is 10.8 Å². The molecule has 0 aliphatic rings. The minimum absolute atomic E-state index is 0.0579. The molecule has 0 atom stereocenters. The van der Waals surface area contributed by atoms with Crippen LogP contribution in [0.15, 0.2) is 41.0 Å². The maximum absolute atomic E-state index is 12.4. The van der Waals surface area contributed by atoms with Gasteiger partial charge in [0.25, 0.3) is 5.91 Å². The van der Waals surface area contributed by atoms with Gasteiger partial charge in [-0.2, -0.15) is 9.67 Å². The number of hydrogen-bond donors (Lipinski definition) is 1. The maximum Gasteiger partial charge on any atom is 0.282 e. The van der Waals surface area contributed by atoms with E-state index in [1.54, 1.807) is 18.2 Å². The number of carbonyl (C=O) groups excluding carboxylic acids is 1. The molecule has 0 unspecified atom stereocenters. The van der Waals surface area contributed by atoms with Crippen LogP contribution in [-0.4, -0.2) is 20.7 Å². The van der Waals surface area contributed by atoms with Crippen molar-refractivity contribution in [2.75, 3.05) is 5.73 Å². The Morgan fingerprint density at radius 3 is 2.76 bits per heavy atom. The molecule has 0 saturated heterocycles. The van der Waals surface area contributed by atoms with Gasteiger partial charge in [0.1, 0.15) is 0 Å². The molecule has 106 valence electrons. The number of halogens is 2. The van der Waals surface area contributed by atoms with E-state index >= 15 is 0 Å². The summed E-state index contributed by atoms with van der Waals surface area (Å²) in [5.74, 6) is 0.0725. The van der Waals surface area contributed by atoms with Crippen LogP contribution in [0.4, 0.5) is 5.95 Å². The molecular weight excluding hydrogens is 315 g/mol. The number of nitrogens with zero attached hydrogens (tertiary/aromatic N) is 3. The third-order valence-corrected chi connectivity index (χ3v) is 3.28. The molecular formula is C13H8Cl2N4O2. The van der Waals surface area contributed by atoms with Crippen LogP contribution in [0.3, 0.4) is 0 Å². The predicted molar refractivity (Wildman–Crippen MR) is 78.3 cm³/mol. The van der Waals surface area contributed by atoms with Gasteiger partial charge in [0.15, 0.2) is 5.76 Å². The molecule has 3 aromatic rings. The van der Waals surface area contributed by atoms with Crippen molar-refractivity contribution in [3.8, 4) is 11.6 Å². The van der Waals surface area contributed by atoms with E-state index in [0.717, 1.165) is 4.68 Å². The predicted octanol–water partition coefficient (Wildman–Crippen LogP) is 3.12. The fourth-order valence-corrected chi connectivity index (χ4v) is 2.25. The minimum Gasteiger partial charge on any atom is -0.461 e. The minimum atomic E-state index is -0.500. The molecule has 0 radical (unpaired) electrons. The van der Waals surface area contributed by atoms with Gasteiger partial charge in [0.2, 0.25) is 11.8 Å². The van der Waals surface area contributed by atoms with Crippen LogP contribution < -0.4 is 5.73 Å². The third-order valence-electron chi connectivity index (χ3n) is 2.73. The highest BCUT2D eigenvalue weighted by Crippen LogP contribution is 2.23. The van der Waals surface area contributed by atoms with Gasteiger partial charge in [-0.05, 0) is 30.3 Å². The first-order chi connectivity index (χ1) is 10.1. The highest BCUT2D eigenvalue weighted by Gasteiger charge is 2.20. The molecule has 0 aliphatic carbocycles. The van der Waals surface area contributed by atoms with Gasteiger partial charge < -0.3 is 10.2 Å². The fraction of sp³-hybridized carbons (Fsp3) is 0. The van der Waals surface area contributed by atoms with Gasteiger partial charge in [-0.1, -0.05) is 23.2 Å². The van der Waals surface area contributed by atoms with Gasteiger partial charge in [-0.15, -0.1) is 5.10 Å². The maximum atomic E-state index is 12.4. The first-order valence-corrected chi connectivity index (χ1v) is 6.58. The molecule has 1 aromatic carbocycles. The molecule has 0 saturated carbocycles. The SMILES string of the molecule is Nc1nc(-c2ccco2)nn1C(=O)c1ccc(Cl)cc1Cl. The van der Waals surface area contributed by atoms with Crippen molar-refractivity contribution in [1.82, 2.24) is 14.8 Å². The Morgan fingerprint density at radius 2 is 2.10 bits per heavy atom. The second-order valence-corrected chi connectivity index (χ2v) is 4.96. The van der Waals surface area contributed by atoms with Crippen LogP contribution in [0.2, 0.25) is 10.0 Å². The molecule has 6 nitrogen and oxygen atoms in total. The average Bonchev–Trinajstić information content (AvgIpc) is 3.07. The molecule has 8 heteroatoms. The van der Waals surface area contributed by atoms with E-state index in [1.165, 1.54) is 18.4 Å². The summed E-state index contributed by atoms with van der Waals surface area (Å²) in [7, 11) is 0. The molecule has 0 aliphatic heterocycles. The van der Waals surface area contributed by atoms with Gasteiger partial charge in [0.05, 0.1) is 16.8 Å². The number of aromatic nitrogens is 3. The Hall–Kier alpha value is -2.31. The second kappa shape index (κ2) is 5.23. The van der Waals surface area contributed by atoms with Crippen LogP contribution >= 0.6 is 23.2 Å². The Balaban J connectivity index is 2.02. The number of carbonyl (C=O) groups is 1. The first-order valence-electron chi connectivity index (χ1n) is 5.82. The van der Waals surface area contributed by atoms with E-state index in [-0.39, 0.29) is 22.4 Å². The molecule has 0 spiro atoms. The largest absolute Gasteiger partial charge is 0.461 e. The second-order valence-electron chi connectivity index (χ2n) is 4.11. The Bertz CT molecular complexity index is 812. The smallest absolute Gasteiger partial charge is 0.282 e. The summed E-state index contributed by atoms with van der Waals surface area (Å²) >= 11 is 11.8. The lowest BCUT2D eigenvalue weighted by atomic mass is 10.2. The Kier molecular flexibility index (Phi) is 3.40. The number of nitrogens with two attached hydrogens (primary N) is 1. The van der Waals surface area contributed by atoms with Crippen molar-refractivity contribution in [3.63, 3.8) is 0 Å². The van der Waals surface area contributed by atoms with Crippen LogP contribution in [-0.2, 0) is 0 Å². The highest BCUT2D eigenvalue weighted by molar-refractivity contribution is 6.36. The van der Waals surface area contributed by atoms with Crippen LogP contribution in [0, 0.1) is 0 Å². The fourth-order valence-electron chi connectivity index (χ4n) is 1.76. The number of hydrogen-bond acceptors (Lipinski definition) is 5. The highest BCUT2D eigenvalue weighted by atomic mass is 35.5. The molecule has 3 rings (SSSR count). The normalized spacial score (nSPS) is 10.8. The quantitative estimate of drug-likeness (QED) is 0.783. The molecule has 2 heterocycles. The zero-order valence-electron chi connectivity index (χ0n) is 10.5. The number of furan rings is 1. The van der Waals surface area contributed by atoms with Crippen molar-refractivity contribution in [1.29, 1.82) is 0 Å². The number of nitrogen functional groups attached to an aromatic ring is 1. The number of benzene rings is 1. The van der Waals surface area contributed by atoms with Crippen LogP contribution in [0.1, 0.15) is 10.4 Å². The molecule has 0 fully saturated rings. The zero-order chi connectivity index (χ0) is 15.0. The molecule has 0 amide bonds. The van der Waals surface area contributed by atoms with Crippen molar-refractivity contribution in [2.45, 2.75) is 0 Å². The standard InChI is InChI=1S/C13H8Cl2N4O2/c14-7-3-4-8(9(15)6-7)12(20)19-13(16)17-11(18-19)10-2-1-5-21-10/h1-6H,(H2,16,17,18). The Morgan fingerprint density at radius 1 is 1.29 bits per heavy atom. The molecule has 2 N–H and O–H groups in total. The van der Waals surface area contributed by atoms with E-state index < -0.39 is 5.91 Å². The first kappa shape index (κ1) is 13.7. The van der Waals surface area contributed by atoms with Crippen molar-refractivity contribution in [2.24, 2.45) is 0 Å². The summed E-state index contributed by atoms with van der Waals surface area (Å²) in [6.45, 7) is 0. The van der Waals surface area contributed by atoms with Crippen molar-refractivity contribution < 1.29 is 9.21 Å². The number of anilines is 1. The molecule has 0 bridgehead atoms. The lowest BCUT2D eigenvalue weighted by molar-refractivity contribution is 0.0948. The summed E-state index contributed by atoms with van der Waals surface area (Å²) in [5, 5.41) is 4.68. The van der Waals surface area contributed by atoms with E-state index in [2.05, 4.69) is 10.1 Å². The van der Waals surface area contributed by atoms with Crippen molar-refractivity contribution >= 4 is 35.1 Å². The summed E-state index contributed by atoms with van der Waals surface area (Å²) in [4.78, 5) is 16.4. The zero-order valence-corrected chi connectivity index (χ0v) is 12.0. The third kappa shape index (κ3) is 2.51. The van der Waals surface area contributed by atoms with E-state index in [1.807, 2.05) is 0 Å². The van der Waals surface area contributed by atoms with E-state index in [4.69, 9.17) is 33.4 Å². The summed E-state index contributed by atoms with van der Waals surface area (Å²) in [5.41, 5.74) is 5.95. The van der Waals surface area contributed by atoms with Gasteiger partial charge in [-0.3, -0.25) is 4.79 Å². The monoisotopic (exact) mass is 322 g/mol. The number of rotatable bonds is 2. The lowest BCUT2D eigenvalue weighted by Crippen LogP contribution is -2.16. The summed E-state index contributed by atoms with van der Waals surface area (Å²) in [6, 6.07) is 7.88. The summed E-state index contributed by atoms with van der Waals surface area (Å²) < 4.78 is 6.13. The van der Waals surface area contributed by atoms with Crippen LogP contribution in [0.5, 0.6) is 0 Å². The molecule has 2 aromatic heterocycles. The van der Waals surface area contributed by atoms with Gasteiger partial charge in [0, 0.05) is 5.02 Å². The average molecular weight is 323 g/mol. The molecule has 21 heavy (non-hydrogen) atoms. The van der Waals surface area contributed by atoms with Crippen molar-refractivity contribution in [3.05, 3.63) is 52.2 Å². The van der Waals surface area contributed by atoms with Gasteiger partial charge in [-0.25, -0.2) is 0 Å². The Labute approximate surface area is 129 Å². The lowest BCUT2D eigenvalue weighted by Gasteiger charge is -2.04. The summed E-state index contributed by atoms with van der Waals surface area (Å²) in [6.07, 6.45) is 1.48. The van der Waals surface area contributed by atoms with E-state index in [9.17, 15) is 4.79 Å². The van der Waals surface area contributed by atoms with Crippen LogP contribution in [0.25, 0.3) is 11.6 Å².